The lowest BCUT2D eigenvalue weighted by Gasteiger charge is -2.17. The van der Waals surface area contributed by atoms with E-state index < -0.39 is 10.0 Å². The van der Waals surface area contributed by atoms with E-state index in [9.17, 15) is 8.42 Å². The van der Waals surface area contributed by atoms with Crippen LogP contribution in [0.5, 0.6) is 0 Å². The number of sulfonamides is 1. The highest BCUT2D eigenvalue weighted by Crippen LogP contribution is 2.19. The largest absolute Gasteiger partial charge is 0.374 e. The van der Waals surface area contributed by atoms with Gasteiger partial charge >= 0.3 is 0 Å². The summed E-state index contributed by atoms with van der Waals surface area (Å²) in [6, 6.07) is 0. The molecular weight excluding hydrogens is 250 g/mol. The van der Waals surface area contributed by atoms with Crippen LogP contribution in [0.1, 0.15) is 0 Å². The standard InChI is InChI=1S/C7H15N5O2S2/c1-11(2)4-5-12(3)16(13,14)7-10-9-6(8)15-7/h4-5H2,1-3H3,(H2,8,9). The molecular formula is C7H15N5O2S2. The van der Waals surface area contributed by atoms with E-state index in [1.54, 1.807) is 0 Å². The van der Waals surface area contributed by atoms with Gasteiger partial charge in [-0.05, 0) is 14.1 Å². The summed E-state index contributed by atoms with van der Waals surface area (Å²) in [7, 11) is 1.72. The Morgan fingerprint density at radius 1 is 1.25 bits per heavy atom. The van der Waals surface area contributed by atoms with Gasteiger partial charge in [-0.3, -0.25) is 0 Å². The van der Waals surface area contributed by atoms with Crippen molar-refractivity contribution in [2.45, 2.75) is 4.34 Å². The Hall–Kier alpha value is -0.770. The van der Waals surface area contributed by atoms with E-state index in [0.717, 1.165) is 11.3 Å². The molecule has 1 rings (SSSR count). The summed E-state index contributed by atoms with van der Waals surface area (Å²) in [4.78, 5) is 1.90. The zero-order chi connectivity index (χ0) is 12.3. The van der Waals surface area contributed by atoms with Crippen molar-refractivity contribution in [3.63, 3.8) is 0 Å². The van der Waals surface area contributed by atoms with Crippen LogP contribution in [0.4, 0.5) is 5.13 Å². The number of hydrogen-bond donors (Lipinski definition) is 1. The average molecular weight is 265 g/mol. The van der Waals surface area contributed by atoms with Crippen LogP contribution in [-0.2, 0) is 10.0 Å². The summed E-state index contributed by atoms with van der Waals surface area (Å²) in [6.45, 7) is 1.04. The van der Waals surface area contributed by atoms with Crippen LogP contribution in [0.2, 0.25) is 0 Å². The summed E-state index contributed by atoms with van der Waals surface area (Å²) in [6.07, 6.45) is 0. The van der Waals surface area contributed by atoms with Crippen molar-refractivity contribution >= 4 is 26.5 Å². The topological polar surface area (TPSA) is 92.4 Å². The van der Waals surface area contributed by atoms with Gasteiger partial charge in [0.05, 0.1) is 0 Å². The Kier molecular flexibility index (Phi) is 4.19. The number of nitrogen functional groups attached to an aromatic ring is 1. The number of anilines is 1. The first kappa shape index (κ1) is 13.3. The second kappa shape index (κ2) is 5.04. The number of rotatable bonds is 5. The van der Waals surface area contributed by atoms with Crippen molar-refractivity contribution in [1.82, 2.24) is 19.4 Å². The van der Waals surface area contributed by atoms with Crippen LogP contribution >= 0.6 is 11.3 Å². The molecule has 0 aliphatic carbocycles. The highest BCUT2D eigenvalue weighted by Gasteiger charge is 2.24. The van der Waals surface area contributed by atoms with E-state index in [-0.39, 0.29) is 9.47 Å². The second-order valence-corrected chi connectivity index (χ2v) is 6.76. The van der Waals surface area contributed by atoms with Crippen molar-refractivity contribution in [2.75, 3.05) is 40.0 Å². The molecule has 0 aliphatic rings. The first-order valence-corrected chi connectivity index (χ1v) is 6.79. The fourth-order valence-corrected chi connectivity index (χ4v) is 3.05. The number of aromatic nitrogens is 2. The van der Waals surface area contributed by atoms with Crippen LogP contribution in [-0.4, -0.2) is 62.1 Å². The predicted octanol–water partition coefficient (Wildman–Crippen LogP) is -0.698. The molecule has 1 heterocycles. The third-order valence-electron chi connectivity index (χ3n) is 1.92. The van der Waals surface area contributed by atoms with Gasteiger partial charge in [-0.15, -0.1) is 10.2 Å². The predicted molar refractivity (Wildman–Crippen MR) is 62.7 cm³/mol. The van der Waals surface area contributed by atoms with Gasteiger partial charge in [-0.1, -0.05) is 11.3 Å². The lowest BCUT2D eigenvalue weighted by molar-refractivity contribution is 0.358. The maximum atomic E-state index is 11.9. The molecule has 0 spiro atoms. The number of nitrogens with zero attached hydrogens (tertiary/aromatic N) is 4. The van der Waals surface area contributed by atoms with Gasteiger partial charge < -0.3 is 10.6 Å². The van der Waals surface area contributed by atoms with Crippen LogP contribution in [0.25, 0.3) is 0 Å². The van der Waals surface area contributed by atoms with Crippen LogP contribution in [0, 0.1) is 0 Å². The summed E-state index contributed by atoms with van der Waals surface area (Å²) < 4.78 is 25.0. The van der Waals surface area contributed by atoms with Crippen LogP contribution < -0.4 is 5.73 Å². The molecule has 1 aromatic heterocycles. The first-order valence-electron chi connectivity index (χ1n) is 4.54. The van der Waals surface area contributed by atoms with Gasteiger partial charge in [-0.2, -0.15) is 4.31 Å². The number of hydrogen-bond acceptors (Lipinski definition) is 7. The quantitative estimate of drug-likeness (QED) is 0.757. The molecule has 92 valence electrons. The fourth-order valence-electron chi connectivity index (χ4n) is 0.919. The Balaban J connectivity index is 2.78. The first-order chi connectivity index (χ1) is 7.34. The normalized spacial score (nSPS) is 12.6. The van der Waals surface area contributed by atoms with Gasteiger partial charge in [0.15, 0.2) is 0 Å². The minimum Gasteiger partial charge on any atom is -0.374 e. The molecule has 0 amide bonds. The second-order valence-electron chi connectivity index (χ2n) is 3.54. The summed E-state index contributed by atoms with van der Waals surface area (Å²) in [5.74, 6) is 0. The molecule has 0 atom stereocenters. The zero-order valence-corrected chi connectivity index (χ0v) is 11.0. The van der Waals surface area contributed by atoms with Crippen LogP contribution in [0.15, 0.2) is 4.34 Å². The van der Waals surface area contributed by atoms with Gasteiger partial charge in [0.2, 0.25) is 9.47 Å². The number of nitrogens with two attached hydrogens (primary N) is 1. The molecule has 0 fully saturated rings. The highest BCUT2D eigenvalue weighted by molar-refractivity contribution is 7.91. The molecule has 7 nitrogen and oxygen atoms in total. The van der Waals surface area contributed by atoms with E-state index in [1.165, 1.54) is 11.4 Å². The van der Waals surface area contributed by atoms with Crippen molar-refractivity contribution < 1.29 is 8.42 Å². The molecule has 1 aromatic rings. The van der Waals surface area contributed by atoms with Crippen molar-refractivity contribution in [1.29, 1.82) is 0 Å². The van der Waals surface area contributed by atoms with E-state index in [1.807, 2.05) is 19.0 Å². The fraction of sp³-hybridized carbons (Fsp3) is 0.714. The molecule has 16 heavy (non-hydrogen) atoms. The van der Waals surface area contributed by atoms with E-state index >= 15 is 0 Å². The Morgan fingerprint density at radius 3 is 2.31 bits per heavy atom. The van der Waals surface area contributed by atoms with Gasteiger partial charge in [0.1, 0.15) is 0 Å². The van der Waals surface area contributed by atoms with Crippen molar-refractivity contribution in [3.8, 4) is 0 Å². The molecule has 0 unspecified atom stereocenters. The monoisotopic (exact) mass is 265 g/mol. The zero-order valence-electron chi connectivity index (χ0n) is 9.41. The molecule has 0 aromatic carbocycles. The molecule has 9 heteroatoms. The lowest BCUT2D eigenvalue weighted by atomic mass is 10.6. The van der Waals surface area contributed by atoms with Crippen molar-refractivity contribution in [2.24, 2.45) is 0 Å². The molecule has 0 radical (unpaired) electrons. The summed E-state index contributed by atoms with van der Waals surface area (Å²) in [5.41, 5.74) is 5.35. The molecule has 0 bridgehead atoms. The molecule has 0 saturated carbocycles. The third-order valence-corrected chi connectivity index (χ3v) is 4.87. The lowest BCUT2D eigenvalue weighted by Crippen LogP contribution is -2.33. The third kappa shape index (κ3) is 3.11. The minimum atomic E-state index is -3.54. The molecule has 0 saturated heterocycles. The SMILES string of the molecule is CN(C)CCN(C)S(=O)(=O)c1nnc(N)s1. The van der Waals surface area contributed by atoms with Crippen LogP contribution in [0.3, 0.4) is 0 Å². The van der Waals surface area contributed by atoms with E-state index in [0.29, 0.717) is 13.1 Å². The Bertz CT molecular complexity index is 441. The molecule has 2 N–H and O–H groups in total. The average Bonchev–Trinajstić information content (AvgIpc) is 2.61. The van der Waals surface area contributed by atoms with E-state index in [4.69, 9.17) is 5.73 Å². The van der Waals surface area contributed by atoms with Gasteiger partial charge in [0.25, 0.3) is 10.0 Å². The van der Waals surface area contributed by atoms with Gasteiger partial charge in [-0.25, -0.2) is 8.42 Å². The molecule has 0 aliphatic heterocycles. The maximum Gasteiger partial charge on any atom is 0.272 e. The maximum absolute atomic E-state index is 11.9. The van der Waals surface area contributed by atoms with E-state index in [2.05, 4.69) is 10.2 Å². The minimum absolute atomic E-state index is 0.0637. The smallest absolute Gasteiger partial charge is 0.272 e. The Morgan fingerprint density at radius 2 is 1.88 bits per heavy atom. The summed E-state index contributed by atoms with van der Waals surface area (Å²) in [5, 5.41) is 7.18. The summed E-state index contributed by atoms with van der Waals surface area (Å²) >= 11 is 0.870. The van der Waals surface area contributed by atoms with Crippen molar-refractivity contribution in [3.05, 3.63) is 0 Å². The number of likely N-dealkylation sites (N-methyl/N-ethyl adjacent to an activating group) is 2. The Labute approximate surface area is 98.9 Å². The van der Waals surface area contributed by atoms with Gasteiger partial charge in [0, 0.05) is 20.1 Å². The highest BCUT2D eigenvalue weighted by atomic mass is 32.2.